The van der Waals surface area contributed by atoms with Gasteiger partial charge in [-0.1, -0.05) is 23.7 Å². The van der Waals surface area contributed by atoms with Crippen LogP contribution in [0.2, 0.25) is 5.02 Å². The molecule has 0 aliphatic heterocycles. The van der Waals surface area contributed by atoms with E-state index in [2.05, 4.69) is 4.40 Å². The zero-order valence-electron chi connectivity index (χ0n) is 11.0. The van der Waals surface area contributed by atoms with E-state index >= 15 is 0 Å². The van der Waals surface area contributed by atoms with Crippen LogP contribution >= 0.6 is 11.6 Å². The third kappa shape index (κ3) is 3.74. The number of sulfonamides is 1. The average Bonchev–Trinajstić information content (AvgIpc) is 2.47. The fourth-order valence-corrected chi connectivity index (χ4v) is 2.56. The summed E-state index contributed by atoms with van der Waals surface area (Å²) >= 11 is 5.75. The normalized spacial score (nSPS) is 11.7. The van der Waals surface area contributed by atoms with Crippen LogP contribution < -0.4 is 4.74 Å². The zero-order chi connectivity index (χ0) is 15.5. The molecule has 0 aliphatic rings. The number of hydrogen-bond donors (Lipinski definition) is 1. The molecule has 0 saturated carbocycles. The van der Waals surface area contributed by atoms with Gasteiger partial charge in [0, 0.05) is 17.3 Å². The lowest BCUT2D eigenvalue weighted by atomic mass is 10.2. The number of benzene rings is 2. The molecule has 2 rings (SSSR count). The Kier molecular flexibility index (Phi) is 4.50. The van der Waals surface area contributed by atoms with E-state index in [9.17, 15) is 13.5 Å². The summed E-state index contributed by atoms with van der Waals surface area (Å²) in [7, 11) is -2.54. The van der Waals surface area contributed by atoms with Crippen molar-refractivity contribution < 1.29 is 18.3 Å². The van der Waals surface area contributed by atoms with Crippen LogP contribution in [0.15, 0.2) is 51.8 Å². The maximum absolute atomic E-state index is 12.1. The molecule has 0 aromatic heterocycles. The monoisotopic (exact) mass is 325 g/mol. The summed E-state index contributed by atoms with van der Waals surface area (Å²) in [5.41, 5.74) is 0.605. The first kappa shape index (κ1) is 15.3. The summed E-state index contributed by atoms with van der Waals surface area (Å²) in [5.74, 6) is -0.0732. The Bertz CT molecular complexity index is 770. The van der Waals surface area contributed by atoms with Crippen LogP contribution in [0.25, 0.3) is 0 Å². The first-order valence-electron chi connectivity index (χ1n) is 5.85. The highest BCUT2D eigenvalue weighted by molar-refractivity contribution is 7.90. The van der Waals surface area contributed by atoms with Gasteiger partial charge in [-0.25, -0.2) is 0 Å². The molecule has 0 unspecified atom stereocenters. The molecule has 0 heterocycles. The molecule has 21 heavy (non-hydrogen) atoms. The molecular formula is C14H12ClNO4S. The summed E-state index contributed by atoms with van der Waals surface area (Å²) in [6.45, 7) is 0. The molecule has 0 atom stereocenters. The Morgan fingerprint density at radius 3 is 2.48 bits per heavy atom. The van der Waals surface area contributed by atoms with Crippen molar-refractivity contribution in [2.24, 2.45) is 4.40 Å². The largest absolute Gasteiger partial charge is 0.504 e. The van der Waals surface area contributed by atoms with Gasteiger partial charge in [-0.2, -0.15) is 12.8 Å². The molecule has 2 aromatic carbocycles. The molecule has 2 aromatic rings. The third-order valence-electron chi connectivity index (χ3n) is 2.66. The Morgan fingerprint density at radius 1 is 1.19 bits per heavy atom. The van der Waals surface area contributed by atoms with E-state index in [1.165, 1.54) is 31.5 Å². The van der Waals surface area contributed by atoms with Gasteiger partial charge < -0.3 is 9.84 Å². The molecule has 0 bridgehead atoms. The topological polar surface area (TPSA) is 76.0 Å². The van der Waals surface area contributed by atoms with Crippen molar-refractivity contribution in [3.05, 3.63) is 53.1 Å². The number of nitrogens with zero attached hydrogens (tertiary/aromatic N) is 1. The maximum Gasteiger partial charge on any atom is 0.282 e. The number of phenols is 1. The highest BCUT2D eigenvalue weighted by Gasteiger charge is 2.14. The van der Waals surface area contributed by atoms with Crippen molar-refractivity contribution >= 4 is 27.8 Å². The standard InChI is InChI=1S/C14H12ClNO4S/c1-20-14-8-12(6-7-13(14)17)21(18,19)16-9-10-2-4-11(15)5-3-10/h2-9,17H,1H3. The first-order valence-corrected chi connectivity index (χ1v) is 7.67. The number of rotatable bonds is 4. The number of methoxy groups -OCH3 is 1. The van der Waals surface area contributed by atoms with Gasteiger partial charge in [-0.05, 0) is 29.8 Å². The van der Waals surface area contributed by atoms with E-state index < -0.39 is 10.0 Å². The van der Waals surface area contributed by atoms with Crippen LogP contribution in [-0.2, 0) is 10.0 Å². The lowest BCUT2D eigenvalue weighted by Gasteiger charge is -2.05. The van der Waals surface area contributed by atoms with Gasteiger partial charge in [0.05, 0.1) is 12.0 Å². The quantitative estimate of drug-likeness (QED) is 0.877. The van der Waals surface area contributed by atoms with E-state index in [0.717, 1.165) is 0 Å². The summed E-state index contributed by atoms with van der Waals surface area (Å²) in [4.78, 5) is -0.0673. The molecule has 7 heteroatoms. The molecule has 0 fully saturated rings. The Labute approximate surface area is 127 Å². The number of phenolic OH excluding ortho intramolecular Hbond substituents is 1. The van der Waals surface area contributed by atoms with E-state index in [-0.39, 0.29) is 16.4 Å². The van der Waals surface area contributed by atoms with Crippen LogP contribution in [-0.4, -0.2) is 26.8 Å². The van der Waals surface area contributed by atoms with Crippen molar-refractivity contribution in [3.63, 3.8) is 0 Å². The summed E-state index contributed by atoms with van der Waals surface area (Å²) in [5, 5.41) is 10.0. The molecule has 1 N–H and O–H groups in total. The van der Waals surface area contributed by atoms with Crippen molar-refractivity contribution in [2.75, 3.05) is 7.11 Å². The highest BCUT2D eigenvalue weighted by atomic mass is 35.5. The van der Waals surface area contributed by atoms with E-state index in [0.29, 0.717) is 10.6 Å². The molecule has 0 radical (unpaired) electrons. The molecular weight excluding hydrogens is 314 g/mol. The second kappa shape index (κ2) is 6.15. The van der Waals surface area contributed by atoms with Crippen LogP contribution in [0.4, 0.5) is 0 Å². The second-order valence-electron chi connectivity index (χ2n) is 4.09. The molecule has 110 valence electrons. The molecule has 0 amide bonds. The summed E-state index contributed by atoms with van der Waals surface area (Å²) in [6.07, 6.45) is 1.23. The summed E-state index contributed by atoms with van der Waals surface area (Å²) in [6, 6.07) is 10.3. The zero-order valence-corrected chi connectivity index (χ0v) is 12.6. The number of hydrogen-bond acceptors (Lipinski definition) is 4. The van der Waals surface area contributed by atoms with Crippen LogP contribution in [0, 0.1) is 0 Å². The van der Waals surface area contributed by atoms with E-state index in [1.807, 2.05) is 0 Å². The minimum absolute atomic E-state index is 0.0673. The average molecular weight is 326 g/mol. The fourth-order valence-electron chi connectivity index (χ4n) is 1.56. The predicted octanol–water partition coefficient (Wildman–Crippen LogP) is 2.86. The van der Waals surface area contributed by atoms with Crippen molar-refractivity contribution in [1.29, 1.82) is 0 Å². The van der Waals surface area contributed by atoms with Gasteiger partial charge in [0.25, 0.3) is 10.0 Å². The number of ether oxygens (including phenoxy) is 1. The number of aromatic hydroxyl groups is 1. The second-order valence-corrected chi connectivity index (χ2v) is 6.16. The van der Waals surface area contributed by atoms with Gasteiger partial charge in [-0.3, -0.25) is 0 Å². The third-order valence-corrected chi connectivity index (χ3v) is 4.14. The molecule has 0 saturated heterocycles. The summed E-state index contributed by atoms with van der Waals surface area (Å²) < 4.78 is 32.7. The first-order chi connectivity index (χ1) is 9.92. The van der Waals surface area contributed by atoms with Crippen molar-refractivity contribution in [1.82, 2.24) is 0 Å². The van der Waals surface area contributed by atoms with Crippen molar-refractivity contribution in [3.8, 4) is 11.5 Å². The molecule has 0 aliphatic carbocycles. The Hall–Kier alpha value is -2.05. The van der Waals surface area contributed by atoms with E-state index in [4.69, 9.17) is 16.3 Å². The smallest absolute Gasteiger partial charge is 0.282 e. The van der Waals surface area contributed by atoms with Gasteiger partial charge in [-0.15, -0.1) is 0 Å². The van der Waals surface area contributed by atoms with Crippen LogP contribution in [0.5, 0.6) is 11.5 Å². The Balaban J connectivity index is 2.32. The van der Waals surface area contributed by atoms with Crippen LogP contribution in [0.3, 0.4) is 0 Å². The molecule has 0 spiro atoms. The van der Waals surface area contributed by atoms with Gasteiger partial charge in [0.2, 0.25) is 0 Å². The fraction of sp³-hybridized carbons (Fsp3) is 0.0714. The Morgan fingerprint density at radius 2 is 1.86 bits per heavy atom. The lowest BCUT2D eigenvalue weighted by molar-refractivity contribution is 0.372. The lowest BCUT2D eigenvalue weighted by Crippen LogP contribution is -1.98. The maximum atomic E-state index is 12.1. The SMILES string of the molecule is COc1cc(S(=O)(=O)N=Cc2ccc(Cl)cc2)ccc1O. The predicted molar refractivity (Wildman–Crippen MR) is 80.9 cm³/mol. The van der Waals surface area contributed by atoms with Gasteiger partial charge in [0.15, 0.2) is 11.5 Å². The highest BCUT2D eigenvalue weighted by Crippen LogP contribution is 2.28. The van der Waals surface area contributed by atoms with Crippen LogP contribution in [0.1, 0.15) is 5.56 Å². The molecule has 5 nitrogen and oxygen atoms in total. The van der Waals surface area contributed by atoms with Crippen molar-refractivity contribution in [2.45, 2.75) is 4.90 Å². The van der Waals surface area contributed by atoms with Gasteiger partial charge >= 0.3 is 0 Å². The number of halogens is 1. The van der Waals surface area contributed by atoms with E-state index in [1.54, 1.807) is 24.3 Å². The minimum atomic E-state index is -3.87. The minimum Gasteiger partial charge on any atom is -0.504 e. The van der Waals surface area contributed by atoms with Gasteiger partial charge in [0.1, 0.15) is 0 Å².